The van der Waals surface area contributed by atoms with Crippen molar-refractivity contribution in [3.63, 3.8) is 0 Å². The average Bonchev–Trinajstić information content (AvgIpc) is 2.64. The Morgan fingerprint density at radius 1 is 1.56 bits per heavy atom. The van der Waals surface area contributed by atoms with E-state index in [-0.39, 0.29) is 11.7 Å². The Morgan fingerprint density at radius 3 is 2.89 bits per heavy atom. The summed E-state index contributed by atoms with van der Waals surface area (Å²) in [4.78, 5) is 11.4. The van der Waals surface area contributed by atoms with E-state index in [1.807, 2.05) is 5.92 Å². The lowest BCUT2D eigenvalue weighted by atomic mass is 10.7. The summed E-state index contributed by atoms with van der Waals surface area (Å²) in [5.41, 5.74) is 0. The maximum atomic E-state index is 11.4. The maximum Gasteiger partial charge on any atom is 0.241 e. The number of anilines is 1. The van der Waals surface area contributed by atoms with Gasteiger partial charge in [-0.1, -0.05) is 17.3 Å². The second-order valence-corrected chi connectivity index (χ2v) is 6.35. The largest absolute Gasteiger partial charge is 0.377 e. The zero-order chi connectivity index (χ0) is 13.6. The van der Waals surface area contributed by atoms with E-state index in [0.717, 1.165) is 11.3 Å². The van der Waals surface area contributed by atoms with Gasteiger partial charge in [-0.2, -0.15) is 0 Å². The van der Waals surface area contributed by atoms with E-state index < -0.39 is 27.3 Å². The Labute approximate surface area is 108 Å². The number of amides is 1. The number of aromatic nitrogens is 2. The molecule has 1 rings (SSSR count). The van der Waals surface area contributed by atoms with Crippen LogP contribution in [0, 0.1) is 12.3 Å². The standard InChI is InChI=1S/C9H11N3O4S2/c1-3-4-18(14,15)6-7(13)10-9-12-11-8(17-9)5-16-2/h1H,4-6H2,2H3,(H,10,12,13). The zero-order valence-electron chi connectivity index (χ0n) is 9.54. The van der Waals surface area contributed by atoms with E-state index in [9.17, 15) is 13.2 Å². The van der Waals surface area contributed by atoms with Gasteiger partial charge in [-0.25, -0.2) is 8.42 Å². The van der Waals surface area contributed by atoms with Crippen LogP contribution in [-0.2, 0) is 26.0 Å². The molecule has 7 nitrogen and oxygen atoms in total. The van der Waals surface area contributed by atoms with Crippen molar-refractivity contribution >= 4 is 32.2 Å². The van der Waals surface area contributed by atoms with Gasteiger partial charge >= 0.3 is 0 Å². The summed E-state index contributed by atoms with van der Waals surface area (Å²) in [6.07, 6.45) is 4.88. The predicted octanol–water partition coefficient (Wildman–Crippen LogP) is -0.329. The van der Waals surface area contributed by atoms with Gasteiger partial charge in [-0.3, -0.25) is 10.1 Å². The number of nitrogens with one attached hydrogen (secondary N) is 1. The third kappa shape index (κ3) is 4.79. The fourth-order valence-corrected chi connectivity index (χ4v) is 2.57. The topological polar surface area (TPSA) is 98.2 Å². The normalized spacial score (nSPS) is 10.9. The number of terminal acetylenes is 1. The van der Waals surface area contributed by atoms with E-state index in [1.54, 1.807) is 0 Å². The van der Waals surface area contributed by atoms with Crippen molar-refractivity contribution in [3.8, 4) is 12.3 Å². The Bertz CT molecular complexity index is 559. The average molecular weight is 289 g/mol. The highest BCUT2D eigenvalue weighted by Gasteiger charge is 2.16. The molecular formula is C9H11N3O4S2. The molecule has 1 heterocycles. The van der Waals surface area contributed by atoms with Crippen molar-refractivity contribution in [1.82, 2.24) is 10.2 Å². The Balaban J connectivity index is 2.57. The predicted molar refractivity (Wildman–Crippen MR) is 66.7 cm³/mol. The van der Waals surface area contributed by atoms with Crippen LogP contribution in [0.15, 0.2) is 0 Å². The lowest BCUT2D eigenvalue weighted by Gasteiger charge is -2.00. The molecule has 0 saturated heterocycles. The molecule has 9 heteroatoms. The minimum atomic E-state index is -3.57. The number of carbonyl (C=O) groups excluding carboxylic acids is 1. The molecule has 0 aromatic carbocycles. The molecule has 18 heavy (non-hydrogen) atoms. The molecule has 0 bridgehead atoms. The number of sulfone groups is 1. The first-order chi connectivity index (χ1) is 8.46. The SMILES string of the molecule is C#CCS(=O)(=O)CC(=O)Nc1nnc(COC)s1. The fraction of sp³-hybridized carbons (Fsp3) is 0.444. The van der Waals surface area contributed by atoms with Crippen LogP contribution in [0.5, 0.6) is 0 Å². The summed E-state index contributed by atoms with van der Waals surface area (Å²) in [7, 11) is -2.06. The molecule has 1 aromatic heterocycles. The number of ether oxygens (including phenoxy) is 1. The first-order valence-corrected chi connectivity index (χ1v) is 7.35. The highest BCUT2D eigenvalue weighted by atomic mass is 32.2. The fourth-order valence-electron chi connectivity index (χ4n) is 1.02. The second-order valence-electron chi connectivity index (χ2n) is 3.22. The molecule has 98 valence electrons. The van der Waals surface area contributed by atoms with E-state index in [4.69, 9.17) is 11.2 Å². The molecule has 0 aliphatic rings. The quantitative estimate of drug-likeness (QED) is 0.720. The Hall–Kier alpha value is -1.50. The number of rotatable bonds is 6. The number of methoxy groups -OCH3 is 1. The monoisotopic (exact) mass is 289 g/mol. The van der Waals surface area contributed by atoms with Gasteiger partial charge in [-0.15, -0.1) is 16.6 Å². The summed E-state index contributed by atoms with van der Waals surface area (Å²) >= 11 is 1.11. The summed E-state index contributed by atoms with van der Waals surface area (Å²) < 4.78 is 27.4. The van der Waals surface area contributed by atoms with Gasteiger partial charge in [-0.05, 0) is 0 Å². The highest BCUT2D eigenvalue weighted by molar-refractivity contribution is 7.92. The van der Waals surface area contributed by atoms with Crippen LogP contribution >= 0.6 is 11.3 Å². The van der Waals surface area contributed by atoms with E-state index in [1.165, 1.54) is 7.11 Å². The number of carbonyl (C=O) groups is 1. The summed E-state index contributed by atoms with van der Waals surface area (Å²) in [5, 5.41) is 10.6. The molecule has 0 aliphatic carbocycles. The zero-order valence-corrected chi connectivity index (χ0v) is 11.2. The molecule has 1 N–H and O–H groups in total. The maximum absolute atomic E-state index is 11.4. The number of hydrogen-bond donors (Lipinski definition) is 1. The van der Waals surface area contributed by atoms with Crippen molar-refractivity contribution in [2.24, 2.45) is 0 Å². The molecule has 0 unspecified atom stereocenters. The lowest BCUT2D eigenvalue weighted by Crippen LogP contribution is -2.24. The van der Waals surface area contributed by atoms with Gasteiger partial charge in [0.05, 0.1) is 0 Å². The van der Waals surface area contributed by atoms with Crippen molar-refractivity contribution in [2.75, 3.05) is 23.9 Å². The molecule has 0 radical (unpaired) electrons. The molecule has 0 spiro atoms. The van der Waals surface area contributed by atoms with Gasteiger partial charge in [0.15, 0.2) is 9.84 Å². The van der Waals surface area contributed by atoms with Crippen molar-refractivity contribution in [1.29, 1.82) is 0 Å². The van der Waals surface area contributed by atoms with Crippen molar-refractivity contribution in [3.05, 3.63) is 5.01 Å². The molecule has 0 fully saturated rings. The van der Waals surface area contributed by atoms with Crippen LogP contribution in [0.1, 0.15) is 5.01 Å². The number of hydrogen-bond acceptors (Lipinski definition) is 7. The van der Waals surface area contributed by atoms with Crippen molar-refractivity contribution < 1.29 is 17.9 Å². The van der Waals surface area contributed by atoms with Gasteiger partial charge in [0.1, 0.15) is 23.1 Å². The van der Waals surface area contributed by atoms with Crippen LogP contribution in [0.3, 0.4) is 0 Å². The van der Waals surface area contributed by atoms with E-state index in [2.05, 4.69) is 15.5 Å². The third-order valence-electron chi connectivity index (χ3n) is 1.64. The summed E-state index contributed by atoms with van der Waals surface area (Å²) in [6, 6.07) is 0. The van der Waals surface area contributed by atoms with Crippen LogP contribution < -0.4 is 5.32 Å². The second kappa shape index (κ2) is 6.44. The number of nitrogens with zero attached hydrogens (tertiary/aromatic N) is 2. The first-order valence-electron chi connectivity index (χ1n) is 4.72. The van der Waals surface area contributed by atoms with Gasteiger partial charge in [0.25, 0.3) is 0 Å². The van der Waals surface area contributed by atoms with Crippen LogP contribution in [0.4, 0.5) is 5.13 Å². The molecule has 1 amide bonds. The van der Waals surface area contributed by atoms with Crippen LogP contribution in [-0.4, -0.2) is 43.1 Å². The van der Waals surface area contributed by atoms with Crippen molar-refractivity contribution in [2.45, 2.75) is 6.61 Å². The third-order valence-corrected chi connectivity index (χ3v) is 3.76. The molecule has 0 aliphatic heterocycles. The minimum absolute atomic E-state index is 0.225. The first kappa shape index (κ1) is 14.6. The minimum Gasteiger partial charge on any atom is -0.377 e. The molecular weight excluding hydrogens is 278 g/mol. The Kier molecular flexibility index (Phi) is 5.21. The lowest BCUT2D eigenvalue weighted by molar-refractivity contribution is -0.113. The van der Waals surface area contributed by atoms with Gasteiger partial charge in [0.2, 0.25) is 11.0 Å². The van der Waals surface area contributed by atoms with Gasteiger partial charge < -0.3 is 4.74 Å². The Morgan fingerprint density at radius 2 is 2.28 bits per heavy atom. The molecule has 1 aromatic rings. The van der Waals surface area contributed by atoms with Gasteiger partial charge in [0, 0.05) is 7.11 Å². The summed E-state index contributed by atoms with van der Waals surface area (Å²) in [5.74, 6) is 0.162. The molecule has 0 atom stereocenters. The van der Waals surface area contributed by atoms with Crippen LogP contribution in [0.2, 0.25) is 0 Å². The highest BCUT2D eigenvalue weighted by Crippen LogP contribution is 2.15. The smallest absolute Gasteiger partial charge is 0.241 e. The van der Waals surface area contributed by atoms with Crippen LogP contribution in [0.25, 0.3) is 0 Å². The van der Waals surface area contributed by atoms with E-state index in [0.29, 0.717) is 5.01 Å². The summed E-state index contributed by atoms with van der Waals surface area (Å²) in [6.45, 7) is 0.281. The van der Waals surface area contributed by atoms with E-state index >= 15 is 0 Å². The molecule has 0 saturated carbocycles.